The topological polar surface area (TPSA) is 63.1 Å². The summed E-state index contributed by atoms with van der Waals surface area (Å²) in [5.41, 5.74) is 1.18. The minimum atomic E-state index is 0.193. The van der Waals surface area contributed by atoms with Crippen LogP contribution < -0.4 is 4.74 Å². The summed E-state index contributed by atoms with van der Waals surface area (Å²) < 4.78 is 7.64. The quantitative estimate of drug-likeness (QED) is 0.759. The monoisotopic (exact) mass is 388 g/mol. The van der Waals surface area contributed by atoms with E-state index in [1.807, 2.05) is 33.7 Å². The molecule has 6 nitrogen and oxygen atoms in total. The van der Waals surface area contributed by atoms with Crippen molar-refractivity contribution in [3.8, 4) is 17.1 Å². The van der Waals surface area contributed by atoms with Crippen LogP contribution in [0.2, 0.25) is 0 Å². The van der Waals surface area contributed by atoms with Gasteiger partial charge >= 0.3 is 0 Å². The van der Waals surface area contributed by atoms with Crippen LogP contribution in [0.3, 0.4) is 0 Å². The zero-order valence-corrected chi connectivity index (χ0v) is 17.1. The molecule has 2 heterocycles. The number of carbonyl (C=O) groups excluding carboxylic acids is 1. The van der Waals surface area contributed by atoms with Crippen molar-refractivity contribution < 1.29 is 9.53 Å². The third kappa shape index (κ3) is 4.40. The maximum atomic E-state index is 12.8. The fourth-order valence-electron chi connectivity index (χ4n) is 3.67. The molecule has 1 saturated heterocycles. The van der Waals surface area contributed by atoms with Gasteiger partial charge in [0.15, 0.2) is 10.6 Å². The Morgan fingerprint density at radius 2 is 2.11 bits per heavy atom. The number of nitrogens with one attached hydrogen (secondary N) is 1. The van der Waals surface area contributed by atoms with Crippen LogP contribution >= 0.6 is 12.2 Å². The summed E-state index contributed by atoms with van der Waals surface area (Å²) in [5, 5.41) is 7.20. The minimum absolute atomic E-state index is 0.193. The Labute approximate surface area is 165 Å². The van der Waals surface area contributed by atoms with Gasteiger partial charge in [-0.1, -0.05) is 13.8 Å². The van der Waals surface area contributed by atoms with Gasteiger partial charge in [-0.2, -0.15) is 5.10 Å². The first-order valence-electron chi connectivity index (χ1n) is 9.53. The summed E-state index contributed by atoms with van der Waals surface area (Å²) in [6.07, 6.45) is 3.81. The molecule has 1 atom stereocenters. The van der Waals surface area contributed by atoms with E-state index >= 15 is 0 Å². The second kappa shape index (κ2) is 8.25. The van der Waals surface area contributed by atoms with Crippen LogP contribution in [-0.2, 0) is 11.3 Å². The lowest BCUT2D eigenvalue weighted by Gasteiger charge is -2.40. The van der Waals surface area contributed by atoms with Crippen molar-refractivity contribution in [2.45, 2.75) is 46.1 Å². The number of carbonyl (C=O) groups is 1. The van der Waals surface area contributed by atoms with E-state index in [9.17, 15) is 4.79 Å². The highest BCUT2D eigenvalue weighted by molar-refractivity contribution is 7.71. The maximum absolute atomic E-state index is 12.8. The number of benzene rings is 1. The second-order valence-electron chi connectivity index (χ2n) is 7.57. The first kappa shape index (κ1) is 19.6. The van der Waals surface area contributed by atoms with E-state index in [1.54, 1.807) is 7.11 Å². The molecule has 1 amide bonds. The van der Waals surface area contributed by atoms with E-state index in [0.717, 1.165) is 43.1 Å². The summed E-state index contributed by atoms with van der Waals surface area (Å²) >= 11 is 5.38. The molecular formula is C20H28N4O2S. The smallest absolute Gasteiger partial charge is 0.224 e. The number of nitrogens with zero attached hydrogens (tertiary/aromatic N) is 3. The Balaban J connectivity index is 1.70. The van der Waals surface area contributed by atoms with Crippen molar-refractivity contribution in [3.05, 3.63) is 29.0 Å². The van der Waals surface area contributed by atoms with Gasteiger partial charge in [-0.25, -0.2) is 0 Å². The Morgan fingerprint density at radius 3 is 2.78 bits per heavy atom. The van der Waals surface area contributed by atoms with Gasteiger partial charge < -0.3 is 9.64 Å². The van der Waals surface area contributed by atoms with Gasteiger partial charge in [0, 0.05) is 31.6 Å². The second-order valence-corrected chi connectivity index (χ2v) is 7.95. The predicted octanol–water partition coefficient (Wildman–Crippen LogP) is 4.05. The van der Waals surface area contributed by atoms with Crippen molar-refractivity contribution in [2.24, 2.45) is 5.41 Å². The normalized spacial score (nSPS) is 19.9. The average molecular weight is 389 g/mol. The molecule has 7 heteroatoms. The molecule has 0 bridgehead atoms. The van der Waals surface area contributed by atoms with Crippen LogP contribution in [0.4, 0.5) is 0 Å². The number of likely N-dealkylation sites (tertiary alicyclic amines) is 1. The maximum Gasteiger partial charge on any atom is 0.224 e. The zero-order valence-electron chi connectivity index (χ0n) is 16.3. The predicted molar refractivity (Wildman–Crippen MR) is 108 cm³/mol. The SMILES string of the molecule is CC[C@]1(C)CCCN(C(=O)CCn2c(-c3ccc(OC)cc3)n[nH]c2=S)C1. The fourth-order valence-corrected chi connectivity index (χ4v) is 3.89. The lowest BCUT2D eigenvalue weighted by atomic mass is 9.79. The van der Waals surface area contributed by atoms with Crippen molar-refractivity contribution in [3.63, 3.8) is 0 Å². The number of hydrogen-bond acceptors (Lipinski definition) is 4. The van der Waals surface area contributed by atoms with Gasteiger partial charge in [-0.05, 0) is 61.2 Å². The lowest BCUT2D eigenvalue weighted by molar-refractivity contribution is -0.134. The molecule has 0 radical (unpaired) electrons. The van der Waals surface area contributed by atoms with Gasteiger partial charge in [0.2, 0.25) is 5.91 Å². The Bertz CT molecular complexity index is 842. The first-order chi connectivity index (χ1) is 13.0. The number of aromatic amines is 1. The molecule has 1 aliphatic rings. The zero-order chi connectivity index (χ0) is 19.4. The third-order valence-electron chi connectivity index (χ3n) is 5.64. The molecule has 146 valence electrons. The average Bonchev–Trinajstić information content (AvgIpc) is 3.06. The van der Waals surface area contributed by atoms with Crippen LogP contribution in [0.25, 0.3) is 11.4 Å². The number of hydrogen-bond donors (Lipinski definition) is 1. The molecule has 1 aliphatic heterocycles. The number of ether oxygens (including phenoxy) is 1. The molecule has 1 aromatic heterocycles. The number of methoxy groups -OCH3 is 1. The molecule has 1 aromatic carbocycles. The van der Waals surface area contributed by atoms with Crippen LogP contribution in [0, 0.1) is 10.2 Å². The summed E-state index contributed by atoms with van der Waals surface area (Å²) in [6, 6.07) is 7.67. The van der Waals surface area contributed by atoms with Crippen molar-refractivity contribution >= 4 is 18.1 Å². The third-order valence-corrected chi connectivity index (χ3v) is 5.95. The van der Waals surface area contributed by atoms with E-state index in [4.69, 9.17) is 17.0 Å². The molecule has 1 N–H and O–H groups in total. The molecule has 0 saturated carbocycles. The molecule has 3 rings (SSSR count). The first-order valence-corrected chi connectivity index (χ1v) is 9.94. The summed E-state index contributed by atoms with van der Waals surface area (Å²) in [5.74, 6) is 1.73. The van der Waals surface area contributed by atoms with Crippen LogP contribution in [-0.4, -0.2) is 45.8 Å². The number of amides is 1. The van der Waals surface area contributed by atoms with Crippen LogP contribution in [0.5, 0.6) is 5.75 Å². The lowest BCUT2D eigenvalue weighted by Crippen LogP contribution is -2.44. The van der Waals surface area contributed by atoms with Crippen molar-refractivity contribution in [1.29, 1.82) is 0 Å². The van der Waals surface area contributed by atoms with E-state index in [-0.39, 0.29) is 11.3 Å². The number of aromatic nitrogens is 3. The molecule has 0 aliphatic carbocycles. The van der Waals surface area contributed by atoms with E-state index in [0.29, 0.717) is 17.7 Å². The van der Waals surface area contributed by atoms with Gasteiger partial charge in [-0.15, -0.1) is 0 Å². The van der Waals surface area contributed by atoms with Crippen LogP contribution in [0.1, 0.15) is 39.5 Å². The largest absolute Gasteiger partial charge is 0.497 e. The van der Waals surface area contributed by atoms with Gasteiger partial charge in [0.05, 0.1) is 7.11 Å². The molecule has 1 fully saturated rings. The number of rotatable bonds is 6. The van der Waals surface area contributed by atoms with E-state index in [1.165, 1.54) is 6.42 Å². The van der Waals surface area contributed by atoms with Gasteiger partial charge in [0.1, 0.15) is 5.75 Å². The van der Waals surface area contributed by atoms with Gasteiger partial charge in [0.25, 0.3) is 0 Å². The van der Waals surface area contributed by atoms with Crippen molar-refractivity contribution in [1.82, 2.24) is 19.7 Å². The molecule has 2 aromatic rings. The van der Waals surface area contributed by atoms with Crippen molar-refractivity contribution in [2.75, 3.05) is 20.2 Å². The number of H-pyrrole nitrogens is 1. The summed E-state index contributed by atoms with van der Waals surface area (Å²) in [6.45, 7) is 6.72. The number of piperidine rings is 1. The Morgan fingerprint density at radius 1 is 1.37 bits per heavy atom. The highest BCUT2D eigenvalue weighted by atomic mass is 32.1. The Hall–Kier alpha value is -2.15. The molecular weight excluding hydrogens is 360 g/mol. The van der Waals surface area contributed by atoms with E-state index < -0.39 is 0 Å². The van der Waals surface area contributed by atoms with E-state index in [2.05, 4.69) is 24.0 Å². The summed E-state index contributed by atoms with van der Waals surface area (Å²) in [4.78, 5) is 14.8. The minimum Gasteiger partial charge on any atom is -0.497 e. The fraction of sp³-hybridized carbons (Fsp3) is 0.550. The summed E-state index contributed by atoms with van der Waals surface area (Å²) in [7, 11) is 1.64. The molecule has 0 spiro atoms. The molecule has 0 unspecified atom stereocenters. The highest BCUT2D eigenvalue weighted by Crippen LogP contribution is 2.32. The van der Waals surface area contributed by atoms with Crippen LogP contribution in [0.15, 0.2) is 24.3 Å². The molecule has 27 heavy (non-hydrogen) atoms. The van der Waals surface area contributed by atoms with Gasteiger partial charge in [-0.3, -0.25) is 14.5 Å². The highest BCUT2D eigenvalue weighted by Gasteiger charge is 2.31. The standard InChI is InChI=1S/C20H28N4O2S/c1-4-20(2)11-5-12-23(14-20)17(25)10-13-24-18(21-22-19(24)27)15-6-8-16(26-3)9-7-15/h6-9H,4-5,10-14H2,1-3H3,(H,22,27)/t20-/m1/s1. The Kier molecular flexibility index (Phi) is 5.99.